The molecular weight excluding hydrogens is 356 g/mol. The molecule has 2 aromatic rings. The van der Waals surface area contributed by atoms with E-state index in [1.165, 1.54) is 12.8 Å². The van der Waals surface area contributed by atoms with Crippen LogP contribution in [0.2, 0.25) is 0 Å². The van der Waals surface area contributed by atoms with Crippen LogP contribution in [0.4, 0.5) is 17.2 Å². The van der Waals surface area contributed by atoms with E-state index >= 15 is 0 Å². The molecule has 2 aliphatic rings. The first-order chi connectivity index (χ1) is 13.7. The Bertz CT molecular complexity index is 841. The Kier molecular flexibility index (Phi) is 5.53. The lowest BCUT2D eigenvalue weighted by atomic mass is 10.1. The van der Waals surface area contributed by atoms with Crippen molar-refractivity contribution in [1.82, 2.24) is 4.98 Å². The molecule has 4 rings (SSSR count). The van der Waals surface area contributed by atoms with Crippen LogP contribution in [-0.4, -0.2) is 42.6 Å². The van der Waals surface area contributed by atoms with Crippen LogP contribution in [0.1, 0.15) is 36.0 Å². The number of hydrogen-bond acceptors (Lipinski definition) is 5. The van der Waals surface area contributed by atoms with Gasteiger partial charge in [-0.1, -0.05) is 6.07 Å². The van der Waals surface area contributed by atoms with Crippen LogP contribution in [0.15, 0.2) is 42.6 Å². The van der Waals surface area contributed by atoms with Crippen molar-refractivity contribution in [3.8, 4) is 0 Å². The molecule has 28 heavy (non-hydrogen) atoms. The number of nitrogens with zero attached hydrogens (tertiary/aromatic N) is 2. The zero-order valence-electron chi connectivity index (χ0n) is 15.7. The van der Waals surface area contributed by atoms with Crippen molar-refractivity contribution in [1.29, 1.82) is 0 Å². The minimum atomic E-state index is -0.405. The number of ether oxygens (including phenoxy) is 1. The summed E-state index contributed by atoms with van der Waals surface area (Å²) in [5.41, 5.74) is 1.69. The average Bonchev–Trinajstić information content (AvgIpc) is 3.43. The van der Waals surface area contributed by atoms with Crippen LogP contribution >= 0.6 is 0 Å². The van der Waals surface area contributed by atoms with E-state index in [0.29, 0.717) is 23.5 Å². The van der Waals surface area contributed by atoms with Gasteiger partial charge in [-0.25, -0.2) is 4.98 Å². The predicted molar refractivity (Wildman–Crippen MR) is 108 cm³/mol. The van der Waals surface area contributed by atoms with E-state index in [0.717, 1.165) is 31.7 Å². The third kappa shape index (κ3) is 4.31. The lowest BCUT2D eigenvalue weighted by molar-refractivity contribution is -0.124. The number of hydrogen-bond donors (Lipinski definition) is 2. The Morgan fingerprint density at radius 2 is 1.89 bits per heavy atom. The minimum Gasteiger partial charge on any atom is -0.368 e. The van der Waals surface area contributed by atoms with Gasteiger partial charge in [0, 0.05) is 30.9 Å². The zero-order valence-corrected chi connectivity index (χ0v) is 15.7. The van der Waals surface area contributed by atoms with Gasteiger partial charge >= 0.3 is 0 Å². The van der Waals surface area contributed by atoms with Crippen LogP contribution in [0.3, 0.4) is 0 Å². The summed E-state index contributed by atoms with van der Waals surface area (Å²) in [5, 5.41) is 5.67. The molecule has 7 nitrogen and oxygen atoms in total. The van der Waals surface area contributed by atoms with Gasteiger partial charge < -0.3 is 20.3 Å². The Morgan fingerprint density at radius 1 is 1.04 bits per heavy atom. The number of rotatable bonds is 5. The quantitative estimate of drug-likeness (QED) is 0.833. The van der Waals surface area contributed by atoms with E-state index in [9.17, 15) is 9.59 Å². The molecule has 1 aromatic carbocycles. The fraction of sp³-hybridized carbons (Fsp3) is 0.381. The summed E-state index contributed by atoms with van der Waals surface area (Å²) < 4.78 is 5.39. The fourth-order valence-electron chi connectivity index (χ4n) is 3.54. The van der Waals surface area contributed by atoms with Crippen LogP contribution in [0.25, 0.3) is 0 Å². The van der Waals surface area contributed by atoms with Gasteiger partial charge in [0.2, 0.25) is 0 Å². The molecule has 1 aromatic heterocycles. The Hall–Kier alpha value is -2.93. The van der Waals surface area contributed by atoms with Crippen LogP contribution in [0.5, 0.6) is 0 Å². The molecule has 2 aliphatic heterocycles. The number of carbonyl (C=O) groups excluding carboxylic acids is 2. The van der Waals surface area contributed by atoms with Gasteiger partial charge in [-0.05, 0) is 56.0 Å². The number of carbonyl (C=O) groups is 2. The monoisotopic (exact) mass is 380 g/mol. The summed E-state index contributed by atoms with van der Waals surface area (Å²) in [6, 6.07) is 10.7. The van der Waals surface area contributed by atoms with Gasteiger partial charge in [-0.15, -0.1) is 0 Å². The second-order valence-electron chi connectivity index (χ2n) is 7.13. The van der Waals surface area contributed by atoms with Crippen molar-refractivity contribution >= 4 is 29.0 Å². The molecule has 3 heterocycles. The van der Waals surface area contributed by atoms with Gasteiger partial charge in [0.25, 0.3) is 11.8 Å². The number of aromatic nitrogens is 1. The molecule has 0 bridgehead atoms. The van der Waals surface area contributed by atoms with E-state index in [1.807, 2.05) is 12.1 Å². The highest BCUT2D eigenvalue weighted by atomic mass is 16.5. The van der Waals surface area contributed by atoms with E-state index in [4.69, 9.17) is 4.74 Å². The van der Waals surface area contributed by atoms with Gasteiger partial charge in [0.15, 0.2) is 0 Å². The third-order valence-corrected chi connectivity index (χ3v) is 5.05. The normalized spacial score (nSPS) is 18.9. The molecule has 2 fully saturated rings. The lowest BCUT2D eigenvalue weighted by Gasteiger charge is -2.16. The summed E-state index contributed by atoms with van der Waals surface area (Å²) in [7, 11) is 0. The number of anilines is 3. The van der Waals surface area contributed by atoms with Crippen LogP contribution < -0.4 is 15.5 Å². The van der Waals surface area contributed by atoms with Gasteiger partial charge in [0.1, 0.15) is 11.9 Å². The van der Waals surface area contributed by atoms with E-state index in [1.54, 1.807) is 30.5 Å². The van der Waals surface area contributed by atoms with Crippen LogP contribution in [0, 0.1) is 0 Å². The summed E-state index contributed by atoms with van der Waals surface area (Å²) in [4.78, 5) is 31.4. The first-order valence-corrected chi connectivity index (χ1v) is 9.74. The second kappa shape index (κ2) is 8.39. The Balaban J connectivity index is 1.38. The number of benzene rings is 1. The van der Waals surface area contributed by atoms with E-state index in [-0.39, 0.29) is 11.8 Å². The number of nitrogens with one attached hydrogen (secondary N) is 2. The molecule has 1 atom stereocenters. The molecule has 7 heteroatoms. The first kappa shape index (κ1) is 18.4. The maximum atomic E-state index is 12.6. The summed E-state index contributed by atoms with van der Waals surface area (Å²) in [6.45, 7) is 2.68. The molecule has 2 saturated heterocycles. The van der Waals surface area contributed by atoms with Crippen LogP contribution in [-0.2, 0) is 9.53 Å². The third-order valence-electron chi connectivity index (χ3n) is 5.05. The van der Waals surface area contributed by atoms with E-state index < -0.39 is 6.10 Å². The summed E-state index contributed by atoms with van der Waals surface area (Å²) in [5.74, 6) is 0.523. The van der Waals surface area contributed by atoms with Crippen molar-refractivity contribution < 1.29 is 14.3 Å². The lowest BCUT2D eigenvalue weighted by Crippen LogP contribution is -2.27. The number of pyridine rings is 1. The molecular formula is C21H24N4O3. The standard InChI is InChI=1S/C21H24N4O3/c26-20(24-17-8-9-19(22-14-17)25-10-1-2-11-25)15-5-3-6-16(13-15)23-21(27)18-7-4-12-28-18/h3,5-6,8-9,13-14,18H,1-2,4,7,10-12H2,(H,23,27)(H,24,26)/t18-/m1/s1. The predicted octanol–water partition coefficient (Wildman–Crippen LogP) is 3.05. The maximum Gasteiger partial charge on any atom is 0.255 e. The average molecular weight is 380 g/mol. The largest absolute Gasteiger partial charge is 0.368 e. The summed E-state index contributed by atoms with van der Waals surface area (Å²) in [6.07, 6.45) is 5.28. The van der Waals surface area contributed by atoms with E-state index in [2.05, 4.69) is 20.5 Å². The Morgan fingerprint density at radius 3 is 2.61 bits per heavy atom. The van der Waals surface area contributed by atoms with Crippen molar-refractivity contribution in [2.75, 3.05) is 35.2 Å². The highest BCUT2D eigenvalue weighted by Crippen LogP contribution is 2.20. The molecule has 146 valence electrons. The molecule has 0 radical (unpaired) electrons. The first-order valence-electron chi connectivity index (χ1n) is 9.74. The topological polar surface area (TPSA) is 83.6 Å². The van der Waals surface area contributed by atoms with Crippen molar-refractivity contribution in [3.05, 3.63) is 48.2 Å². The number of amides is 2. The highest BCUT2D eigenvalue weighted by Gasteiger charge is 2.23. The maximum absolute atomic E-state index is 12.6. The minimum absolute atomic E-state index is 0.170. The van der Waals surface area contributed by atoms with Gasteiger partial charge in [0.05, 0.1) is 11.9 Å². The van der Waals surface area contributed by atoms with Gasteiger partial charge in [-0.2, -0.15) is 0 Å². The molecule has 0 saturated carbocycles. The van der Waals surface area contributed by atoms with Crippen molar-refractivity contribution in [2.24, 2.45) is 0 Å². The molecule has 2 amide bonds. The molecule has 2 N–H and O–H groups in total. The Labute approximate surface area is 164 Å². The second-order valence-corrected chi connectivity index (χ2v) is 7.13. The molecule has 0 aliphatic carbocycles. The van der Waals surface area contributed by atoms with Crippen molar-refractivity contribution in [2.45, 2.75) is 31.8 Å². The van der Waals surface area contributed by atoms with Crippen molar-refractivity contribution in [3.63, 3.8) is 0 Å². The molecule has 0 spiro atoms. The highest BCUT2D eigenvalue weighted by molar-refractivity contribution is 6.05. The smallest absolute Gasteiger partial charge is 0.255 e. The fourth-order valence-corrected chi connectivity index (χ4v) is 3.54. The molecule has 0 unspecified atom stereocenters. The zero-order chi connectivity index (χ0) is 19.3. The van der Waals surface area contributed by atoms with Gasteiger partial charge in [-0.3, -0.25) is 9.59 Å². The summed E-state index contributed by atoms with van der Waals surface area (Å²) >= 11 is 0. The SMILES string of the molecule is O=C(Nc1ccc(N2CCCC2)nc1)c1cccc(NC(=O)[C@H]2CCCO2)c1.